The highest BCUT2D eigenvalue weighted by atomic mass is 35.5. The summed E-state index contributed by atoms with van der Waals surface area (Å²) in [6.45, 7) is 6.63. The van der Waals surface area contributed by atoms with Crippen LogP contribution in [0.1, 0.15) is 37.0 Å². The predicted octanol–water partition coefficient (Wildman–Crippen LogP) is 3.13. The average molecular weight is 249 g/mol. The van der Waals surface area contributed by atoms with Crippen LogP contribution in [0.5, 0.6) is 0 Å². The van der Waals surface area contributed by atoms with Gasteiger partial charge in [0, 0.05) is 6.54 Å². The van der Waals surface area contributed by atoms with Crippen molar-refractivity contribution in [3.05, 3.63) is 16.4 Å². The third-order valence-corrected chi connectivity index (χ3v) is 2.62. The number of halogens is 2. The van der Waals surface area contributed by atoms with Gasteiger partial charge in [0.15, 0.2) is 0 Å². The normalized spacial score (nSPS) is 11.1. The largest absolute Gasteiger partial charge is 0.274 e. The number of nitrogens with zero attached hydrogens (tertiary/aromatic N) is 2. The standard InChI is InChI=1S/C10H14Cl2N2O/c1-4-14-9(10(12)15)8(11)7(13-14)5-6(2)3/h6H,4-5H2,1-3H3. The van der Waals surface area contributed by atoms with Crippen LogP contribution in [-0.2, 0) is 13.0 Å². The summed E-state index contributed by atoms with van der Waals surface area (Å²) < 4.78 is 1.55. The van der Waals surface area contributed by atoms with Crippen molar-refractivity contribution in [3.63, 3.8) is 0 Å². The smallest absolute Gasteiger partial charge is 0.272 e. The lowest BCUT2D eigenvalue weighted by Gasteiger charge is -2.00. The van der Waals surface area contributed by atoms with E-state index in [0.29, 0.717) is 23.2 Å². The zero-order chi connectivity index (χ0) is 11.6. The molecule has 84 valence electrons. The Balaban J connectivity index is 3.16. The van der Waals surface area contributed by atoms with Gasteiger partial charge in [-0.2, -0.15) is 5.10 Å². The van der Waals surface area contributed by atoms with Gasteiger partial charge in [0.1, 0.15) is 5.69 Å². The van der Waals surface area contributed by atoms with E-state index in [1.54, 1.807) is 4.68 Å². The van der Waals surface area contributed by atoms with Gasteiger partial charge in [-0.1, -0.05) is 25.4 Å². The first-order valence-corrected chi connectivity index (χ1v) is 5.68. The van der Waals surface area contributed by atoms with E-state index >= 15 is 0 Å². The Bertz CT molecular complexity index is 372. The first kappa shape index (κ1) is 12.5. The van der Waals surface area contributed by atoms with Crippen molar-refractivity contribution in [2.75, 3.05) is 0 Å². The number of aromatic nitrogens is 2. The van der Waals surface area contributed by atoms with Gasteiger partial charge in [0.05, 0.1) is 10.7 Å². The van der Waals surface area contributed by atoms with E-state index in [9.17, 15) is 4.79 Å². The summed E-state index contributed by atoms with van der Waals surface area (Å²) in [5.41, 5.74) is 1.05. The van der Waals surface area contributed by atoms with Crippen LogP contribution in [0.15, 0.2) is 0 Å². The second kappa shape index (κ2) is 4.99. The van der Waals surface area contributed by atoms with Crippen LogP contribution in [0.4, 0.5) is 0 Å². The molecule has 0 fully saturated rings. The SMILES string of the molecule is CCn1nc(CC(C)C)c(Cl)c1C(=O)Cl. The second-order valence-corrected chi connectivity index (χ2v) is 4.52. The molecule has 1 aromatic heterocycles. The van der Waals surface area contributed by atoms with E-state index in [1.807, 2.05) is 6.92 Å². The fourth-order valence-electron chi connectivity index (χ4n) is 1.42. The molecule has 0 saturated carbocycles. The number of carbonyl (C=O) groups is 1. The minimum absolute atomic E-state index is 0.302. The number of carbonyl (C=O) groups excluding carboxylic acids is 1. The summed E-state index contributed by atoms with van der Waals surface area (Å²) in [7, 11) is 0. The number of hydrogen-bond acceptors (Lipinski definition) is 2. The lowest BCUT2D eigenvalue weighted by Crippen LogP contribution is -2.05. The van der Waals surface area contributed by atoms with Gasteiger partial charge in [-0.05, 0) is 30.9 Å². The Hall–Kier alpha value is -0.540. The molecule has 0 radical (unpaired) electrons. The van der Waals surface area contributed by atoms with E-state index in [1.165, 1.54) is 0 Å². The lowest BCUT2D eigenvalue weighted by molar-refractivity contribution is 0.107. The van der Waals surface area contributed by atoms with Crippen LogP contribution < -0.4 is 0 Å². The third-order valence-electron chi connectivity index (χ3n) is 2.05. The monoisotopic (exact) mass is 248 g/mol. The molecule has 0 unspecified atom stereocenters. The first-order chi connectivity index (χ1) is 6.97. The molecular formula is C10H14Cl2N2O. The number of aryl methyl sites for hydroxylation is 1. The zero-order valence-corrected chi connectivity index (χ0v) is 10.6. The molecule has 0 amide bonds. The predicted molar refractivity (Wildman–Crippen MR) is 61.6 cm³/mol. The molecule has 5 heteroatoms. The summed E-state index contributed by atoms with van der Waals surface area (Å²) in [5.74, 6) is 0.445. The molecular weight excluding hydrogens is 235 g/mol. The van der Waals surface area contributed by atoms with Gasteiger partial charge >= 0.3 is 0 Å². The lowest BCUT2D eigenvalue weighted by atomic mass is 10.1. The highest BCUT2D eigenvalue weighted by Crippen LogP contribution is 2.24. The van der Waals surface area contributed by atoms with Crippen LogP contribution >= 0.6 is 23.2 Å². The fourth-order valence-corrected chi connectivity index (χ4v) is 1.96. The molecule has 0 atom stereocenters. The maximum absolute atomic E-state index is 11.2. The topological polar surface area (TPSA) is 34.9 Å². The van der Waals surface area contributed by atoms with Crippen molar-refractivity contribution in [2.45, 2.75) is 33.7 Å². The quantitative estimate of drug-likeness (QED) is 0.768. The maximum atomic E-state index is 11.2. The number of rotatable bonds is 4. The number of hydrogen-bond donors (Lipinski definition) is 0. The van der Waals surface area contributed by atoms with Crippen LogP contribution in [0, 0.1) is 5.92 Å². The Morgan fingerprint density at radius 1 is 1.53 bits per heavy atom. The molecule has 0 aromatic carbocycles. The summed E-state index contributed by atoms with van der Waals surface area (Å²) in [6.07, 6.45) is 0.753. The van der Waals surface area contributed by atoms with Gasteiger partial charge < -0.3 is 0 Å². The molecule has 0 spiro atoms. The van der Waals surface area contributed by atoms with Crippen LogP contribution in [0.3, 0.4) is 0 Å². The Morgan fingerprint density at radius 3 is 2.47 bits per heavy atom. The van der Waals surface area contributed by atoms with Gasteiger partial charge in [-0.15, -0.1) is 0 Å². The van der Waals surface area contributed by atoms with Crippen LogP contribution in [0.25, 0.3) is 0 Å². The van der Waals surface area contributed by atoms with Crippen molar-refractivity contribution in [2.24, 2.45) is 5.92 Å². The van der Waals surface area contributed by atoms with E-state index in [2.05, 4.69) is 18.9 Å². The maximum Gasteiger partial charge on any atom is 0.272 e. The van der Waals surface area contributed by atoms with E-state index in [0.717, 1.165) is 12.1 Å². The van der Waals surface area contributed by atoms with Crippen molar-refractivity contribution in [1.29, 1.82) is 0 Å². The minimum atomic E-state index is -0.552. The molecule has 0 aliphatic heterocycles. The Labute approximate surface area is 99.4 Å². The molecule has 1 rings (SSSR count). The van der Waals surface area contributed by atoms with Crippen molar-refractivity contribution >= 4 is 28.4 Å². The van der Waals surface area contributed by atoms with E-state index < -0.39 is 5.24 Å². The van der Waals surface area contributed by atoms with Crippen molar-refractivity contribution in [1.82, 2.24) is 9.78 Å². The highest BCUT2D eigenvalue weighted by molar-refractivity contribution is 6.68. The zero-order valence-electron chi connectivity index (χ0n) is 9.05. The van der Waals surface area contributed by atoms with Crippen LogP contribution in [-0.4, -0.2) is 15.0 Å². The first-order valence-electron chi connectivity index (χ1n) is 4.92. The summed E-state index contributed by atoms with van der Waals surface area (Å²) in [5, 5.41) is 4.11. The Kier molecular flexibility index (Phi) is 4.17. The average Bonchev–Trinajstić information content (AvgIpc) is 2.42. The fraction of sp³-hybridized carbons (Fsp3) is 0.600. The molecule has 0 aliphatic carbocycles. The second-order valence-electron chi connectivity index (χ2n) is 3.80. The van der Waals surface area contributed by atoms with Crippen LogP contribution in [0.2, 0.25) is 5.02 Å². The minimum Gasteiger partial charge on any atom is -0.274 e. The molecule has 1 aromatic rings. The molecule has 1 heterocycles. The third kappa shape index (κ3) is 2.73. The van der Waals surface area contributed by atoms with E-state index in [-0.39, 0.29) is 0 Å². The van der Waals surface area contributed by atoms with Crippen molar-refractivity contribution in [3.8, 4) is 0 Å². The van der Waals surface area contributed by atoms with Crippen molar-refractivity contribution < 1.29 is 4.79 Å². The van der Waals surface area contributed by atoms with Gasteiger partial charge in [-0.3, -0.25) is 9.48 Å². The summed E-state index contributed by atoms with van der Waals surface area (Å²) in [4.78, 5) is 11.2. The Morgan fingerprint density at radius 2 is 2.13 bits per heavy atom. The highest BCUT2D eigenvalue weighted by Gasteiger charge is 2.20. The molecule has 3 nitrogen and oxygen atoms in total. The molecule has 0 bridgehead atoms. The molecule has 0 aliphatic rings. The molecule has 15 heavy (non-hydrogen) atoms. The van der Waals surface area contributed by atoms with Gasteiger partial charge in [-0.25, -0.2) is 0 Å². The van der Waals surface area contributed by atoms with Gasteiger partial charge in [0.2, 0.25) is 0 Å². The summed E-state index contributed by atoms with van der Waals surface area (Å²) in [6, 6.07) is 0. The van der Waals surface area contributed by atoms with Gasteiger partial charge in [0.25, 0.3) is 5.24 Å². The molecule has 0 saturated heterocycles. The molecule has 0 N–H and O–H groups in total. The van der Waals surface area contributed by atoms with E-state index in [4.69, 9.17) is 23.2 Å². The summed E-state index contributed by atoms with van der Waals surface area (Å²) >= 11 is 11.5.